The molecule has 0 spiro atoms. The highest BCUT2D eigenvalue weighted by Crippen LogP contribution is 2.32. The van der Waals surface area contributed by atoms with E-state index in [9.17, 15) is 14.9 Å². The summed E-state index contributed by atoms with van der Waals surface area (Å²) < 4.78 is 14.3. The summed E-state index contributed by atoms with van der Waals surface area (Å²) in [7, 11) is 1.59. The van der Waals surface area contributed by atoms with Gasteiger partial charge in [0, 0.05) is 21.3 Å². The van der Waals surface area contributed by atoms with Gasteiger partial charge in [-0.25, -0.2) is 4.99 Å². The van der Waals surface area contributed by atoms with Gasteiger partial charge in [0.1, 0.15) is 18.1 Å². The van der Waals surface area contributed by atoms with Gasteiger partial charge in [0.15, 0.2) is 4.80 Å². The van der Waals surface area contributed by atoms with Crippen molar-refractivity contribution in [3.8, 4) is 17.6 Å². The summed E-state index contributed by atoms with van der Waals surface area (Å²) in [6.45, 7) is 1.97. The van der Waals surface area contributed by atoms with Crippen LogP contribution in [-0.4, -0.2) is 17.6 Å². The van der Waals surface area contributed by atoms with Gasteiger partial charge in [-0.1, -0.05) is 75.8 Å². The Hall–Kier alpha value is -5.24. The lowest BCUT2D eigenvalue weighted by Crippen LogP contribution is -2.40. The average molecular weight is 692 g/mol. The van der Waals surface area contributed by atoms with E-state index >= 15 is 0 Å². The Morgan fingerprint density at radius 1 is 1.07 bits per heavy atom. The van der Waals surface area contributed by atoms with Gasteiger partial charge in [0.25, 0.3) is 11.5 Å². The number of carbonyl (C=O) groups is 1. The molecule has 5 aromatic rings. The number of nitrogens with zero attached hydrogens (tertiary/aromatic N) is 3. The first-order valence-electron chi connectivity index (χ1n) is 14.3. The Bertz CT molecular complexity index is 2200. The standard InChI is InChI=1S/C36H27BrN4O4S/c1-22-32(34(42)40-28-10-4-3-5-11-28)33(23-12-15-29(44-2)16-13-23)41-35(43)31(46-36(41)39-22)19-26-18-27(37)14-17-30(26)45-21-25-9-7-6-8-24(25)20-38/h3-19,33H,21H2,1-2H3,(H,40,42)/b31-19+/t33-/m0/s1. The quantitative estimate of drug-likeness (QED) is 0.212. The third-order valence-electron chi connectivity index (χ3n) is 7.51. The lowest BCUT2D eigenvalue weighted by Gasteiger charge is -2.25. The molecule has 0 unspecified atom stereocenters. The normalized spacial score (nSPS) is 14.2. The van der Waals surface area contributed by atoms with Crippen LogP contribution in [0.1, 0.15) is 35.2 Å². The zero-order chi connectivity index (χ0) is 32.2. The topological polar surface area (TPSA) is 106 Å². The predicted octanol–water partition coefficient (Wildman–Crippen LogP) is 6.10. The fraction of sp³-hybridized carbons (Fsp3) is 0.111. The van der Waals surface area contributed by atoms with Gasteiger partial charge >= 0.3 is 0 Å². The van der Waals surface area contributed by atoms with Gasteiger partial charge in [-0.05, 0) is 67.1 Å². The number of hydrogen-bond acceptors (Lipinski definition) is 7. The molecule has 228 valence electrons. The van der Waals surface area contributed by atoms with Gasteiger partial charge < -0.3 is 14.8 Å². The van der Waals surface area contributed by atoms with E-state index in [1.807, 2.05) is 91.0 Å². The summed E-state index contributed by atoms with van der Waals surface area (Å²) in [5.74, 6) is 0.863. The highest BCUT2D eigenvalue weighted by molar-refractivity contribution is 9.10. The van der Waals surface area contributed by atoms with Crippen molar-refractivity contribution in [2.24, 2.45) is 4.99 Å². The van der Waals surface area contributed by atoms with E-state index in [0.29, 0.717) is 48.9 Å². The van der Waals surface area contributed by atoms with Crippen LogP contribution < -0.4 is 29.7 Å². The number of ether oxygens (including phenoxy) is 2. The number of amides is 1. The van der Waals surface area contributed by atoms with Crippen LogP contribution in [0.25, 0.3) is 6.08 Å². The van der Waals surface area contributed by atoms with Crippen molar-refractivity contribution >= 4 is 44.9 Å². The number of benzene rings is 4. The number of allylic oxidation sites excluding steroid dienone is 1. The van der Waals surface area contributed by atoms with Gasteiger partial charge in [0.05, 0.1) is 40.6 Å². The number of hydrogen-bond donors (Lipinski definition) is 1. The number of fused-ring (bicyclic) bond motifs is 1. The van der Waals surface area contributed by atoms with Crippen molar-refractivity contribution in [3.63, 3.8) is 0 Å². The molecule has 0 saturated carbocycles. The number of methoxy groups -OCH3 is 1. The first-order valence-corrected chi connectivity index (χ1v) is 15.9. The second kappa shape index (κ2) is 13.4. The Morgan fingerprint density at radius 2 is 1.80 bits per heavy atom. The zero-order valence-corrected chi connectivity index (χ0v) is 27.3. The molecular formula is C36H27BrN4O4S. The van der Waals surface area contributed by atoms with Crippen molar-refractivity contribution in [1.82, 2.24) is 4.57 Å². The number of thiazole rings is 1. The second-order valence-corrected chi connectivity index (χ2v) is 12.3. The zero-order valence-electron chi connectivity index (χ0n) is 24.9. The van der Waals surface area contributed by atoms with Crippen LogP contribution in [0.4, 0.5) is 5.69 Å². The van der Waals surface area contributed by atoms with E-state index in [0.717, 1.165) is 15.6 Å². The summed E-state index contributed by atoms with van der Waals surface area (Å²) >= 11 is 4.78. The lowest BCUT2D eigenvalue weighted by atomic mass is 9.95. The molecule has 10 heteroatoms. The van der Waals surface area contributed by atoms with Crippen LogP contribution in [0.5, 0.6) is 11.5 Å². The fourth-order valence-electron chi connectivity index (χ4n) is 5.25. The SMILES string of the molecule is COc1ccc([C@H]2C(C(=O)Nc3ccccc3)=C(C)N=c3s/c(=C/c4cc(Br)ccc4OCc4ccccc4C#N)c(=O)n32)cc1. The minimum absolute atomic E-state index is 0.185. The molecule has 0 aliphatic carbocycles. The molecule has 1 aliphatic rings. The molecule has 0 bridgehead atoms. The number of carbonyl (C=O) groups excluding carboxylic acids is 1. The van der Waals surface area contributed by atoms with Crippen molar-refractivity contribution in [1.29, 1.82) is 5.26 Å². The fourth-order valence-corrected chi connectivity index (χ4v) is 6.67. The minimum atomic E-state index is -0.728. The summed E-state index contributed by atoms with van der Waals surface area (Å²) in [6.07, 6.45) is 1.77. The largest absolute Gasteiger partial charge is 0.497 e. The molecule has 1 atom stereocenters. The number of anilines is 1. The number of nitriles is 1. The molecule has 1 N–H and O–H groups in total. The number of aromatic nitrogens is 1. The van der Waals surface area contributed by atoms with Crippen molar-refractivity contribution < 1.29 is 14.3 Å². The van der Waals surface area contributed by atoms with E-state index < -0.39 is 6.04 Å². The van der Waals surface area contributed by atoms with E-state index in [1.165, 1.54) is 11.3 Å². The summed E-state index contributed by atoms with van der Waals surface area (Å²) in [6, 6.07) is 30.8. The van der Waals surface area contributed by atoms with Crippen molar-refractivity contribution in [2.45, 2.75) is 19.6 Å². The molecule has 1 aromatic heterocycles. The Kier molecular flexibility index (Phi) is 8.97. The first kappa shape index (κ1) is 30.8. The molecule has 6 rings (SSSR count). The predicted molar refractivity (Wildman–Crippen MR) is 181 cm³/mol. The molecule has 0 radical (unpaired) electrons. The van der Waals surface area contributed by atoms with E-state index in [2.05, 4.69) is 27.3 Å². The highest BCUT2D eigenvalue weighted by atomic mass is 79.9. The maximum absolute atomic E-state index is 14.2. The van der Waals surface area contributed by atoms with Crippen LogP contribution >= 0.6 is 27.3 Å². The Balaban J connectivity index is 1.44. The van der Waals surface area contributed by atoms with Crippen LogP contribution in [0.15, 0.2) is 123 Å². The molecule has 1 amide bonds. The van der Waals surface area contributed by atoms with Crippen LogP contribution in [-0.2, 0) is 11.4 Å². The third kappa shape index (κ3) is 6.29. The van der Waals surface area contributed by atoms with Gasteiger partial charge in [0.2, 0.25) is 0 Å². The lowest BCUT2D eigenvalue weighted by molar-refractivity contribution is -0.113. The molecule has 8 nitrogen and oxygen atoms in total. The highest BCUT2D eigenvalue weighted by Gasteiger charge is 2.32. The minimum Gasteiger partial charge on any atom is -0.497 e. The number of para-hydroxylation sites is 1. The van der Waals surface area contributed by atoms with Gasteiger partial charge in [-0.2, -0.15) is 5.26 Å². The third-order valence-corrected chi connectivity index (χ3v) is 8.99. The maximum atomic E-state index is 14.2. The second-order valence-electron chi connectivity index (χ2n) is 10.4. The maximum Gasteiger partial charge on any atom is 0.271 e. The number of nitrogens with one attached hydrogen (secondary N) is 1. The summed E-state index contributed by atoms with van der Waals surface area (Å²) in [4.78, 5) is 33.3. The molecule has 0 fully saturated rings. The van der Waals surface area contributed by atoms with Crippen LogP contribution in [0, 0.1) is 11.3 Å². The smallest absolute Gasteiger partial charge is 0.271 e. The first-order chi connectivity index (χ1) is 22.4. The van der Waals surface area contributed by atoms with Crippen LogP contribution in [0.2, 0.25) is 0 Å². The molecular weight excluding hydrogens is 664 g/mol. The molecule has 46 heavy (non-hydrogen) atoms. The summed E-state index contributed by atoms with van der Waals surface area (Å²) in [5, 5.41) is 12.5. The molecule has 4 aromatic carbocycles. The van der Waals surface area contributed by atoms with Crippen molar-refractivity contribution in [2.75, 3.05) is 12.4 Å². The monoisotopic (exact) mass is 690 g/mol. The average Bonchev–Trinajstić information content (AvgIpc) is 3.37. The van der Waals surface area contributed by atoms with E-state index in [-0.39, 0.29) is 18.1 Å². The van der Waals surface area contributed by atoms with Crippen molar-refractivity contribution in [3.05, 3.63) is 155 Å². The van der Waals surface area contributed by atoms with E-state index in [4.69, 9.17) is 14.5 Å². The number of halogens is 1. The summed E-state index contributed by atoms with van der Waals surface area (Å²) in [5.41, 5.74) is 3.95. The van der Waals surface area contributed by atoms with Crippen LogP contribution in [0.3, 0.4) is 0 Å². The number of rotatable bonds is 8. The van der Waals surface area contributed by atoms with Gasteiger partial charge in [-0.3, -0.25) is 14.2 Å². The Labute approximate surface area is 277 Å². The molecule has 1 aliphatic heterocycles. The molecule has 2 heterocycles. The van der Waals surface area contributed by atoms with E-state index in [1.54, 1.807) is 30.7 Å². The van der Waals surface area contributed by atoms with Gasteiger partial charge in [-0.15, -0.1) is 0 Å². The Morgan fingerprint density at radius 3 is 2.54 bits per heavy atom. The molecule has 0 saturated heterocycles.